The van der Waals surface area contributed by atoms with Crippen molar-refractivity contribution < 1.29 is 4.74 Å². The summed E-state index contributed by atoms with van der Waals surface area (Å²) < 4.78 is 6.07. The van der Waals surface area contributed by atoms with Gasteiger partial charge in [-0.25, -0.2) is 9.97 Å². The molecule has 2 aliphatic rings. The lowest BCUT2D eigenvalue weighted by molar-refractivity contribution is 0.0164. The lowest BCUT2D eigenvalue weighted by atomic mass is 10.00. The molecule has 0 bridgehead atoms. The second-order valence-electron chi connectivity index (χ2n) is 5.94. The Labute approximate surface area is 126 Å². The summed E-state index contributed by atoms with van der Waals surface area (Å²) in [4.78, 5) is 10.8. The van der Waals surface area contributed by atoms with E-state index < -0.39 is 0 Å². The molecule has 21 heavy (non-hydrogen) atoms. The highest BCUT2D eigenvalue weighted by Crippen LogP contribution is 2.18. The fourth-order valence-corrected chi connectivity index (χ4v) is 3.08. The van der Waals surface area contributed by atoms with Crippen LogP contribution in [0.1, 0.15) is 25.7 Å². The van der Waals surface area contributed by atoms with Crippen molar-refractivity contribution in [3.63, 3.8) is 0 Å². The first-order valence-electron chi connectivity index (χ1n) is 7.95. The first kappa shape index (κ1) is 14.7. The highest BCUT2D eigenvalue weighted by Gasteiger charge is 2.25. The molecular formula is C15H25N5O. The number of nitrogens with two attached hydrogens (primary N) is 1. The number of anilines is 1. The third-order valence-corrected chi connectivity index (χ3v) is 4.43. The molecule has 3 heterocycles. The van der Waals surface area contributed by atoms with Gasteiger partial charge in [-0.05, 0) is 38.3 Å². The van der Waals surface area contributed by atoms with Gasteiger partial charge in [-0.1, -0.05) is 0 Å². The normalized spacial score (nSPS) is 27.8. The van der Waals surface area contributed by atoms with Crippen LogP contribution >= 0.6 is 0 Å². The van der Waals surface area contributed by atoms with Crippen molar-refractivity contribution in [2.24, 2.45) is 5.73 Å². The molecule has 0 spiro atoms. The van der Waals surface area contributed by atoms with E-state index >= 15 is 0 Å². The van der Waals surface area contributed by atoms with Gasteiger partial charge >= 0.3 is 0 Å². The lowest BCUT2D eigenvalue weighted by Gasteiger charge is -2.34. The molecule has 0 amide bonds. The van der Waals surface area contributed by atoms with Crippen LogP contribution < -0.4 is 16.0 Å². The predicted molar refractivity (Wildman–Crippen MR) is 82.2 cm³/mol. The SMILES string of the molecule is NC1CCCN[C@H]1COC1CCN(c2ncccn2)CC1. The molecule has 0 aromatic carbocycles. The Morgan fingerprint density at radius 1 is 1.24 bits per heavy atom. The first-order chi connectivity index (χ1) is 10.3. The topological polar surface area (TPSA) is 76.3 Å². The summed E-state index contributed by atoms with van der Waals surface area (Å²) in [5.41, 5.74) is 6.13. The van der Waals surface area contributed by atoms with E-state index in [1.807, 2.05) is 6.07 Å². The van der Waals surface area contributed by atoms with Crippen LogP contribution in [0.3, 0.4) is 0 Å². The summed E-state index contributed by atoms with van der Waals surface area (Å²) in [6, 6.07) is 2.39. The monoisotopic (exact) mass is 291 g/mol. The van der Waals surface area contributed by atoms with Gasteiger partial charge < -0.3 is 20.7 Å². The van der Waals surface area contributed by atoms with Gasteiger partial charge in [0.25, 0.3) is 0 Å². The number of aromatic nitrogens is 2. The quantitative estimate of drug-likeness (QED) is 0.843. The van der Waals surface area contributed by atoms with Crippen molar-refractivity contribution in [2.75, 3.05) is 31.1 Å². The average Bonchev–Trinajstić information content (AvgIpc) is 2.55. The van der Waals surface area contributed by atoms with Crippen LogP contribution in [0.15, 0.2) is 18.5 Å². The van der Waals surface area contributed by atoms with Gasteiger partial charge in [-0.2, -0.15) is 0 Å². The van der Waals surface area contributed by atoms with E-state index in [1.165, 1.54) is 6.42 Å². The minimum atomic E-state index is 0.233. The summed E-state index contributed by atoms with van der Waals surface area (Å²) in [6.45, 7) is 3.71. The minimum absolute atomic E-state index is 0.233. The van der Waals surface area contributed by atoms with Crippen LogP contribution in [0.5, 0.6) is 0 Å². The number of hydrogen-bond acceptors (Lipinski definition) is 6. The molecule has 6 heteroatoms. The summed E-state index contributed by atoms with van der Waals surface area (Å²) in [5, 5.41) is 3.46. The molecule has 0 saturated carbocycles. The Hall–Kier alpha value is -1.24. The summed E-state index contributed by atoms with van der Waals surface area (Å²) in [5.74, 6) is 0.826. The standard InChI is InChI=1S/C15H25N5O/c16-13-3-1-6-17-14(13)11-21-12-4-9-20(10-5-12)15-18-7-2-8-19-15/h2,7-8,12-14,17H,1,3-6,9-11,16H2/t13?,14-/m0/s1. The molecule has 1 aromatic heterocycles. The fraction of sp³-hybridized carbons (Fsp3) is 0.733. The molecule has 116 valence electrons. The minimum Gasteiger partial charge on any atom is -0.376 e. The Bertz CT molecular complexity index is 421. The zero-order valence-corrected chi connectivity index (χ0v) is 12.4. The van der Waals surface area contributed by atoms with Crippen LogP contribution in [-0.2, 0) is 4.74 Å². The van der Waals surface area contributed by atoms with E-state index in [9.17, 15) is 0 Å². The van der Waals surface area contributed by atoms with Gasteiger partial charge in [-0.15, -0.1) is 0 Å². The van der Waals surface area contributed by atoms with Gasteiger partial charge in [-0.3, -0.25) is 0 Å². The molecule has 2 atom stereocenters. The molecule has 3 N–H and O–H groups in total. The molecule has 2 fully saturated rings. The van der Waals surface area contributed by atoms with Crippen molar-refractivity contribution in [3.8, 4) is 0 Å². The summed E-state index contributed by atoms with van der Waals surface area (Å²) in [6.07, 6.45) is 8.25. The van der Waals surface area contributed by atoms with E-state index in [0.717, 1.165) is 51.5 Å². The van der Waals surface area contributed by atoms with Gasteiger partial charge in [0.1, 0.15) is 0 Å². The smallest absolute Gasteiger partial charge is 0.225 e. The van der Waals surface area contributed by atoms with E-state index in [-0.39, 0.29) is 6.04 Å². The van der Waals surface area contributed by atoms with Crippen LogP contribution in [0, 0.1) is 0 Å². The molecule has 6 nitrogen and oxygen atoms in total. The van der Waals surface area contributed by atoms with Crippen molar-refractivity contribution in [1.29, 1.82) is 0 Å². The molecule has 2 saturated heterocycles. The number of rotatable bonds is 4. The van der Waals surface area contributed by atoms with Gasteiger partial charge in [0.05, 0.1) is 12.7 Å². The summed E-state index contributed by atoms with van der Waals surface area (Å²) in [7, 11) is 0. The second-order valence-corrected chi connectivity index (χ2v) is 5.94. The molecule has 1 aromatic rings. The van der Waals surface area contributed by atoms with Crippen LogP contribution in [0.2, 0.25) is 0 Å². The van der Waals surface area contributed by atoms with Gasteiger partial charge in [0.2, 0.25) is 5.95 Å². The molecule has 2 aliphatic heterocycles. The summed E-state index contributed by atoms with van der Waals surface area (Å²) >= 11 is 0. The van der Waals surface area contributed by atoms with E-state index in [4.69, 9.17) is 10.5 Å². The van der Waals surface area contributed by atoms with E-state index in [0.29, 0.717) is 12.1 Å². The van der Waals surface area contributed by atoms with Crippen LogP contribution in [-0.4, -0.2) is 54.4 Å². The first-order valence-corrected chi connectivity index (χ1v) is 7.95. The average molecular weight is 291 g/mol. The zero-order valence-electron chi connectivity index (χ0n) is 12.4. The Morgan fingerprint density at radius 2 is 2.00 bits per heavy atom. The van der Waals surface area contributed by atoms with Crippen LogP contribution in [0.25, 0.3) is 0 Å². The highest BCUT2D eigenvalue weighted by atomic mass is 16.5. The Morgan fingerprint density at radius 3 is 2.71 bits per heavy atom. The highest BCUT2D eigenvalue weighted by molar-refractivity contribution is 5.28. The van der Waals surface area contributed by atoms with Crippen molar-refractivity contribution in [1.82, 2.24) is 15.3 Å². The van der Waals surface area contributed by atoms with E-state index in [2.05, 4.69) is 20.2 Å². The lowest BCUT2D eigenvalue weighted by Crippen LogP contribution is -2.52. The second kappa shape index (κ2) is 7.15. The van der Waals surface area contributed by atoms with Crippen molar-refractivity contribution >= 4 is 5.95 Å². The third-order valence-electron chi connectivity index (χ3n) is 4.43. The molecule has 0 aliphatic carbocycles. The molecule has 1 unspecified atom stereocenters. The zero-order chi connectivity index (χ0) is 14.5. The molecular weight excluding hydrogens is 266 g/mol. The van der Waals surface area contributed by atoms with Crippen molar-refractivity contribution in [2.45, 2.75) is 43.9 Å². The maximum absolute atomic E-state index is 6.13. The van der Waals surface area contributed by atoms with Gasteiger partial charge in [0, 0.05) is 37.6 Å². The van der Waals surface area contributed by atoms with Crippen LogP contribution in [0.4, 0.5) is 5.95 Å². The maximum Gasteiger partial charge on any atom is 0.225 e. The number of piperidine rings is 2. The van der Waals surface area contributed by atoms with Crippen molar-refractivity contribution in [3.05, 3.63) is 18.5 Å². The Kier molecular flexibility index (Phi) is 5.00. The number of nitrogens with one attached hydrogen (secondary N) is 1. The van der Waals surface area contributed by atoms with Gasteiger partial charge in [0.15, 0.2) is 0 Å². The predicted octanol–water partition coefficient (Wildman–Crippen LogP) is 0.541. The number of ether oxygens (including phenoxy) is 1. The molecule has 0 radical (unpaired) electrons. The number of nitrogens with zero attached hydrogens (tertiary/aromatic N) is 3. The number of hydrogen-bond donors (Lipinski definition) is 2. The Balaban J connectivity index is 1.41. The largest absolute Gasteiger partial charge is 0.376 e. The van der Waals surface area contributed by atoms with E-state index in [1.54, 1.807) is 12.4 Å². The maximum atomic E-state index is 6.13. The third kappa shape index (κ3) is 3.90. The fourth-order valence-electron chi connectivity index (χ4n) is 3.08. The molecule has 3 rings (SSSR count).